The standard InChI is InChI=1S/C17H17N3OS/c21-17-16-12(8-10-22-16)7-9-20(17)14-5-6-15(18-11-14)19-13-3-1-2-4-13/h5-11,13H,1-4H2,(H,18,19). The Hall–Kier alpha value is -2.14. The van der Waals surface area contributed by atoms with Gasteiger partial charge in [-0.05, 0) is 47.9 Å². The molecule has 0 atom stereocenters. The lowest BCUT2D eigenvalue weighted by molar-refractivity contribution is 0.750. The number of nitrogens with zero attached hydrogens (tertiary/aromatic N) is 2. The zero-order chi connectivity index (χ0) is 14.9. The molecule has 4 nitrogen and oxygen atoms in total. The molecule has 5 heteroatoms. The minimum absolute atomic E-state index is 0.0193. The van der Waals surface area contributed by atoms with E-state index in [4.69, 9.17) is 0 Å². The van der Waals surface area contributed by atoms with Crippen LogP contribution in [0.2, 0.25) is 0 Å². The van der Waals surface area contributed by atoms with E-state index in [2.05, 4.69) is 10.3 Å². The quantitative estimate of drug-likeness (QED) is 0.800. The van der Waals surface area contributed by atoms with Crippen LogP contribution in [0.25, 0.3) is 15.8 Å². The van der Waals surface area contributed by atoms with Crippen LogP contribution < -0.4 is 10.9 Å². The summed E-state index contributed by atoms with van der Waals surface area (Å²) in [5.74, 6) is 0.890. The average molecular weight is 311 g/mol. The molecule has 1 saturated carbocycles. The van der Waals surface area contributed by atoms with Crippen molar-refractivity contribution in [3.05, 3.63) is 52.4 Å². The van der Waals surface area contributed by atoms with Gasteiger partial charge in [-0.25, -0.2) is 4.98 Å². The third kappa shape index (κ3) is 2.41. The highest BCUT2D eigenvalue weighted by atomic mass is 32.1. The molecular weight excluding hydrogens is 294 g/mol. The molecule has 0 unspecified atom stereocenters. The first-order valence-electron chi connectivity index (χ1n) is 7.63. The van der Waals surface area contributed by atoms with Gasteiger partial charge < -0.3 is 5.32 Å². The molecule has 0 aliphatic heterocycles. The van der Waals surface area contributed by atoms with Crippen molar-refractivity contribution in [1.29, 1.82) is 0 Å². The molecule has 1 aliphatic carbocycles. The molecule has 0 aromatic carbocycles. The van der Waals surface area contributed by atoms with Crippen LogP contribution in [-0.2, 0) is 0 Å². The monoisotopic (exact) mass is 311 g/mol. The lowest BCUT2D eigenvalue weighted by Gasteiger charge is -2.13. The molecule has 4 rings (SSSR count). The van der Waals surface area contributed by atoms with Gasteiger partial charge in [0.05, 0.1) is 11.9 Å². The summed E-state index contributed by atoms with van der Waals surface area (Å²) in [6.45, 7) is 0. The number of hydrogen-bond donors (Lipinski definition) is 1. The summed E-state index contributed by atoms with van der Waals surface area (Å²) in [4.78, 5) is 16.9. The Morgan fingerprint density at radius 3 is 2.82 bits per heavy atom. The van der Waals surface area contributed by atoms with Crippen LogP contribution >= 0.6 is 11.3 Å². The first kappa shape index (κ1) is 13.5. The maximum Gasteiger partial charge on any atom is 0.273 e. The molecule has 3 heterocycles. The van der Waals surface area contributed by atoms with Crippen LogP contribution in [0.5, 0.6) is 0 Å². The minimum Gasteiger partial charge on any atom is -0.367 e. The van der Waals surface area contributed by atoms with Crippen LogP contribution in [0.1, 0.15) is 25.7 Å². The van der Waals surface area contributed by atoms with Crippen molar-refractivity contribution in [3.8, 4) is 5.69 Å². The predicted octanol–water partition coefficient (Wildman–Crippen LogP) is 3.80. The van der Waals surface area contributed by atoms with Crippen molar-refractivity contribution in [2.75, 3.05) is 5.32 Å². The Balaban J connectivity index is 1.63. The second-order valence-corrected chi connectivity index (χ2v) is 6.64. The molecule has 112 valence electrons. The molecule has 22 heavy (non-hydrogen) atoms. The second-order valence-electron chi connectivity index (χ2n) is 5.72. The first-order valence-corrected chi connectivity index (χ1v) is 8.51. The predicted molar refractivity (Wildman–Crippen MR) is 91.1 cm³/mol. The van der Waals surface area contributed by atoms with Crippen molar-refractivity contribution in [3.63, 3.8) is 0 Å². The summed E-state index contributed by atoms with van der Waals surface area (Å²) < 4.78 is 2.45. The number of anilines is 1. The number of rotatable bonds is 3. The molecule has 3 aromatic rings. The summed E-state index contributed by atoms with van der Waals surface area (Å²) >= 11 is 1.48. The smallest absolute Gasteiger partial charge is 0.273 e. The van der Waals surface area contributed by atoms with Crippen molar-refractivity contribution < 1.29 is 0 Å². The summed E-state index contributed by atoms with van der Waals surface area (Å²) in [7, 11) is 0. The summed E-state index contributed by atoms with van der Waals surface area (Å²) in [6.07, 6.45) is 8.62. The van der Waals surface area contributed by atoms with E-state index in [1.807, 2.05) is 35.8 Å². The Bertz CT molecular complexity index is 844. The van der Waals surface area contributed by atoms with E-state index in [0.29, 0.717) is 6.04 Å². The van der Waals surface area contributed by atoms with Gasteiger partial charge in [0.25, 0.3) is 5.56 Å². The van der Waals surface area contributed by atoms with Crippen molar-refractivity contribution in [2.45, 2.75) is 31.7 Å². The molecule has 3 aromatic heterocycles. The largest absolute Gasteiger partial charge is 0.367 e. The fourth-order valence-electron chi connectivity index (χ4n) is 3.05. The van der Waals surface area contributed by atoms with Crippen molar-refractivity contribution in [1.82, 2.24) is 9.55 Å². The van der Waals surface area contributed by atoms with Gasteiger partial charge in [-0.2, -0.15) is 0 Å². The highest BCUT2D eigenvalue weighted by Gasteiger charge is 2.14. The third-order valence-corrected chi connectivity index (χ3v) is 5.16. The minimum atomic E-state index is 0.0193. The molecule has 0 bridgehead atoms. The number of aromatic nitrogens is 2. The number of pyridine rings is 2. The van der Waals surface area contributed by atoms with Gasteiger partial charge in [0.2, 0.25) is 0 Å². The first-order chi connectivity index (χ1) is 10.8. The molecule has 0 radical (unpaired) electrons. The molecule has 0 spiro atoms. The zero-order valence-corrected chi connectivity index (χ0v) is 13.0. The van der Waals surface area contributed by atoms with Crippen LogP contribution in [0, 0.1) is 0 Å². The van der Waals surface area contributed by atoms with E-state index in [1.54, 1.807) is 10.8 Å². The normalized spacial score (nSPS) is 15.5. The second kappa shape index (κ2) is 5.57. The molecule has 1 aliphatic rings. The molecule has 0 saturated heterocycles. The highest BCUT2D eigenvalue weighted by molar-refractivity contribution is 7.17. The third-order valence-electron chi connectivity index (χ3n) is 4.25. The van der Waals surface area contributed by atoms with Gasteiger partial charge in [-0.3, -0.25) is 9.36 Å². The Morgan fingerprint density at radius 2 is 2.05 bits per heavy atom. The molecule has 1 fully saturated rings. The fraction of sp³-hybridized carbons (Fsp3) is 0.294. The van der Waals surface area contributed by atoms with Crippen LogP contribution in [0.3, 0.4) is 0 Å². The van der Waals surface area contributed by atoms with Gasteiger partial charge in [0, 0.05) is 12.2 Å². The Labute approximate surface area is 132 Å². The van der Waals surface area contributed by atoms with E-state index < -0.39 is 0 Å². The molecular formula is C17H17N3OS. The lowest BCUT2D eigenvalue weighted by Crippen LogP contribution is -2.18. The van der Waals surface area contributed by atoms with E-state index in [-0.39, 0.29) is 5.56 Å². The van der Waals surface area contributed by atoms with E-state index in [9.17, 15) is 4.79 Å². The highest BCUT2D eigenvalue weighted by Crippen LogP contribution is 2.22. The van der Waals surface area contributed by atoms with E-state index in [0.717, 1.165) is 21.6 Å². The lowest BCUT2D eigenvalue weighted by atomic mass is 10.2. The maximum atomic E-state index is 12.5. The summed E-state index contributed by atoms with van der Waals surface area (Å²) in [5, 5.41) is 6.41. The average Bonchev–Trinajstić information content (AvgIpc) is 3.20. The van der Waals surface area contributed by atoms with Crippen LogP contribution in [0.15, 0.2) is 46.8 Å². The van der Waals surface area contributed by atoms with Gasteiger partial charge in [0.15, 0.2) is 0 Å². The van der Waals surface area contributed by atoms with Crippen LogP contribution in [0.4, 0.5) is 5.82 Å². The molecule has 0 amide bonds. The van der Waals surface area contributed by atoms with E-state index in [1.165, 1.54) is 37.0 Å². The van der Waals surface area contributed by atoms with Gasteiger partial charge in [-0.15, -0.1) is 11.3 Å². The fourth-order valence-corrected chi connectivity index (χ4v) is 3.87. The summed E-state index contributed by atoms with van der Waals surface area (Å²) in [6, 6.07) is 8.39. The number of hydrogen-bond acceptors (Lipinski definition) is 4. The SMILES string of the molecule is O=c1c2sccc2ccn1-c1ccc(NC2CCCC2)nc1. The topological polar surface area (TPSA) is 46.9 Å². The van der Waals surface area contributed by atoms with E-state index >= 15 is 0 Å². The molecule has 1 N–H and O–H groups in total. The maximum absolute atomic E-state index is 12.5. The van der Waals surface area contributed by atoms with Crippen molar-refractivity contribution in [2.24, 2.45) is 0 Å². The number of thiophene rings is 1. The van der Waals surface area contributed by atoms with Gasteiger partial charge in [-0.1, -0.05) is 12.8 Å². The number of nitrogens with one attached hydrogen (secondary N) is 1. The zero-order valence-electron chi connectivity index (χ0n) is 12.2. The summed E-state index contributed by atoms with van der Waals surface area (Å²) in [5.41, 5.74) is 0.822. The van der Waals surface area contributed by atoms with Gasteiger partial charge >= 0.3 is 0 Å². The number of fused-ring (bicyclic) bond motifs is 1. The van der Waals surface area contributed by atoms with Gasteiger partial charge in [0.1, 0.15) is 10.5 Å². The Morgan fingerprint density at radius 1 is 1.18 bits per heavy atom. The van der Waals surface area contributed by atoms with Crippen LogP contribution in [-0.4, -0.2) is 15.6 Å². The Kier molecular flexibility index (Phi) is 3.42. The van der Waals surface area contributed by atoms with Crippen molar-refractivity contribution >= 4 is 27.2 Å².